The van der Waals surface area contributed by atoms with Crippen LogP contribution >= 0.6 is 0 Å². The number of furan rings is 3. The second kappa shape index (κ2) is 14.5. The lowest BCUT2D eigenvalue weighted by Gasteiger charge is -2.26. The Morgan fingerprint density at radius 1 is 0.250 bits per heavy atom. The summed E-state index contributed by atoms with van der Waals surface area (Å²) in [5.74, 6) is 0. The Balaban J connectivity index is 0.925. The number of nitrogens with zero attached hydrogens (tertiary/aromatic N) is 1. The number of fused-ring (bicyclic) bond motifs is 11. The Kier molecular flexibility index (Phi) is 8.18. The summed E-state index contributed by atoms with van der Waals surface area (Å²) in [6.07, 6.45) is 0. The molecule has 3 heterocycles. The average Bonchev–Trinajstić information content (AvgIpc) is 4.07. The van der Waals surface area contributed by atoms with Gasteiger partial charge in [-0.25, -0.2) is 0 Å². The molecule has 4 nitrogen and oxygen atoms in total. The van der Waals surface area contributed by atoms with E-state index in [0.29, 0.717) is 0 Å². The van der Waals surface area contributed by atoms with E-state index in [4.69, 9.17) is 13.3 Å². The van der Waals surface area contributed by atoms with Gasteiger partial charge in [0.05, 0.1) is 5.39 Å². The number of anilines is 3. The monoisotopic (exact) mass is 819 g/mol. The molecule has 10 aromatic carbocycles. The molecule has 0 fully saturated rings. The Morgan fingerprint density at radius 2 is 0.688 bits per heavy atom. The predicted octanol–water partition coefficient (Wildman–Crippen LogP) is 17.5. The summed E-state index contributed by atoms with van der Waals surface area (Å²) < 4.78 is 20.1. The van der Waals surface area contributed by atoms with Crippen molar-refractivity contribution in [1.29, 1.82) is 0 Å². The van der Waals surface area contributed by atoms with E-state index in [1.807, 2.05) is 24.3 Å². The van der Waals surface area contributed by atoms with Crippen LogP contribution in [-0.2, 0) is 0 Å². The van der Waals surface area contributed by atoms with Crippen molar-refractivity contribution in [3.63, 3.8) is 0 Å². The van der Waals surface area contributed by atoms with E-state index < -0.39 is 0 Å². The first-order chi connectivity index (χ1) is 31.7. The summed E-state index contributed by atoms with van der Waals surface area (Å²) in [6, 6.07) is 79.1. The van der Waals surface area contributed by atoms with Gasteiger partial charge >= 0.3 is 0 Å². The van der Waals surface area contributed by atoms with Crippen molar-refractivity contribution in [3.05, 3.63) is 224 Å². The van der Waals surface area contributed by atoms with E-state index in [9.17, 15) is 0 Å². The van der Waals surface area contributed by atoms with Crippen LogP contribution in [0.15, 0.2) is 238 Å². The largest absolute Gasteiger partial charge is 0.456 e. The first kappa shape index (κ1) is 36.1. The second-order valence-corrected chi connectivity index (χ2v) is 16.4. The molecule has 0 aliphatic heterocycles. The van der Waals surface area contributed by atoms with Gasteiger partial charge in [-0.05, 0) is 106 Å². The highest BCUT2D eigenvalue weighted by atomic mass is 16.3. The normalized spacial score (nSPS) is 11.8. The third-order valence-corrected chi connectivity index (χ3v) is 12.7. The number of benzene rings is 10. The van der Waals surface area contributed by atoms with Gasteiger partial charge in [-0.15, -0.1) is 0 Å². The standard InChI is InChI=1S/C60H37NO3/c1-3-11-38(12-4-1)40-19-21-41(22-20-40)43-25-31-46(32-26-43)61(45-29-23-42(24-30-45)39-13-5-2-6-14-39)47-33-27-44(28-34-47)51-37-55-57(56-50-16-8-10-18-53(50)64-60(51)56)58-54(62-55)36-35-49-48-15-7-9-17-52(48)63-59(49)58/h1-37H. The van der Waals surface area contributed by atoms with Crippen LogP contribution in [0.3, 0.4) is 0 Å². The van der Waals surface area contributed by atoms with Crippen LogP contribution in [0.4, 0.5) is 17.1 Å². The molecule has 0 N–H and O–H groups in total. The molecule has 13 rings (SSSR count). The molecule has 0 aliphatic rings. The Labute approximate surface area is 368 Å². The molecule has 0 unspecified atom stereocenters. The van der Waals surface area contributed by atoms with Crippen LogP contribution in [0, 0.1) is 0 Å². The molecule has 0 amide bonds. The fraction of sp³-hybridized carbons (Fsp3) is 0. The van der Waals surface area contributed by atoms with Gasteiger partial charge in [-0.2, -0.15) is 0 Å². The van der Waals surface area contributed by atoms with Crippen LogP contribution < -0.4 is 4.90 Å². The van der Waals surface area contributed by atoms with E-state index >= 15 is 0 Å². The van der Waals surface area contributed by atoms with Crippen LogP contribution in [0.5, 0.6) is 0 Å². The van der Waals surface area contributed by atoms with Crippen molar-refractivity contribution in [2.75, 3.05) is 4.90 Å². The van der Waals surface area contributed by atoms with Gasteiger partial charge in [0.1, 0.15) is 33.5 Å². The number of hydrogen-bond donors (Lipinski definition) is 0. The fourth-order valence-electron chi connectivity index (χ4n) is 9.59. The number of para-hydroxylation sites is 2. The van der Waals surface area contributed by atoms with Crippen molar-refractivity contribution in [2.24, 2.45) is 0 Å². The van der Waals surface area contributed by atoms with Crippen molar-refractivity contribution in [1.82, 2.24) is 0 Å². The summed E-state index contributed by atoms with van der Waals surface area (Å²) in [5.41, 5.74) is 17.2. The number of rotatable bonds is 7. The summed E-state index contributed by atoms with van der Waals surface area (Å²) in [4.78, 5) is 2.32. The maximum atomic E-state index is 6.79. The zero-order chi connectivity index (χ0) is 42.1. The maximum absolute atomic E-state index is 6.79. The van der Waals surface area contributed by atoms with Gasteiger partial charge in [0.15, 0.2) is 0 Å². The van der Waals surface area contributed by atoms with Gasteiger partial charge in [0.25, 0.3) is 0 Å². The minimum absolute atomic E-state index is 0.782. The lowest BCUT2D eigenvalue weighted by atomic mass is 9.97. The van der Waals surface area contributed by atoms with Gasteiger partial charge in [0.2, 0.25) is 0 Å². The highest BCUT2D eigenvalue weighted by molar-refractivity contribution is 6.33. The summed E-state index contributed by atoms with van der Waals surface area (Å²) in [5, 5.41) is 6.18. The van der Waals surface area contributed by atoms with Crippen LogP contribution in [0.25, 0.3) is 110 Å². The summed E-state index contributed by atoms with van der Waals surface area (Å²) in [6.45, 7) is 0. The highest BCUT2D eigenvalue weighted by Crippen LogP contribution is 2.48. The van der Waals surface area contributed by atoms with Crippen molar-refractivity contribution < 1.29 is 13.3 Å². The zero-order valence-corrected chi connectivity index (χ0v) is 34.5. The minimum Gasteiger partial charge on any atom is -0.456 e. The second-order valence-electron chi connectivity index (χ2n) is 16.4. The van der Waals surface area contributed by atoms with Crippen molar-refractivity contribution in [3.8, 4) is 44.5 Å². The van der Waals surface area contributed by atoms with Crippen molar-refractivity contribution >= 4 is 82.9 Å². The molecule has 0 radical (unpaired) electrons. The highest BCUT2D eigenvalue weighted by Gasteiger charge is 2.24. The molecule has 0 saturated carbocycles. The predicted molar refractivity (Wildman–Crippen MR) is 265 cm³/mol. The smallest absolute Gasteiger partial charge is 0.147 e. The Bertz CT molecular complexity index is 3840. The molecule has 0 atom stereocenters. The molecule has 0 saturated heterocycles. The molecule has 0 bridgehead atoms. The molecule has 4 heteroatoms. The van der Waals surface area contributed by atoms with Gasteiger partial charge in [-0.1, -0.05) is 158 Å². The van der Waals surface area contributed by atoms with Crippen LogP contribution in [0.2, 0.25) is 0 Å². The SMILES string of the molecule is c1ccc(-c2ccc(-c3ccc(N(c4ccc(-c5ccccc5)cc4)c4ccc(-c5cc6oc7ccc8c9ccccc9oc8c7c6c6c5oc5ccccc56)cc4)cc3)cc2)cc1. The maximum Gasteiger partial charge on any atom is 0.147 e. The third kappa shape index (κ3) is 5.84. The molecule has 3 aromatic heterocycles. The van der Waals surface area contributed by atoms with E-state index in [-0.39, 0.29) is 0 Å². The van der Waals surface area contributed by atoms with E-state index in [0.717, 1.165) is 99.6 Å². The molecule has 300 valence electrons. The summed E-state index contributed by atoms with van der Waals surface area (Å²) >= 11 is 0. The fourth-order valence-corrected chi connectivity index (χ4v) is 9.59. The molecule has 0 spiro atoms. The average molecular weight is 820 g/mol. The first-order valence-corrected chi connectivity index (χ1v) is 21.6. The van der Waals surface area contributed by atoms with E-state index in [2.05, 4.69) is 205 Å². The van der Waals surface area contributed by atoms with Gasteiger partial charge in [-0.3, -0.25) is 0 Å². The molecular weight excluding hydrogens is 783 g/mol. The molecular formula is C60H37NO3. The lowest BCUT2D eigenvalue weighted by Crippen LogP contribution is -2.09. The van der Waals surface area contributed by atoms with Gasteiger partial charge < -0.3 is 18.2 Å². The van der Waals surface area contributed by atoms with Crippen LogP contribution in [0.1, 0.15) is 0 Å². The van der Waals surface area contributed by atoms with Gasteiger partial charge in [0, 0.05) is 49.6 Å². The van der Waals surface area contributed by atoms with E-state index in [1.165, 1.54) is 27.8 Å². The minimum atomic E-state index is 0.782. The van der Waals surface area contributed by atoms with E-state index in [1.54, 1.807) is 0 Å². The zero-order valence-electron chi connectivity index (χ0n) is 34.5. The molecule has 13 aromatic rings. The Hall–Kier alpha value is -8.60. The molecule has 0 aliphatic carbocycles. The lowest BCUT2D eigenvalue weighted by molar-refractivity contribution is 0.660. The van der Waals surface area contributed by atoms with Crippen LogP contribution in [-0.4, -0.2) is 0 Å². The quantitative estimate of drug-likeness (QED) is 0.161. The Morgan fingerprint density at radius 3 is 1.25 bits per heavy atom. The number of hydrogen-bond acceptors (Lipinski definition) is 4. The molecule has 64 heavy (non-hydrogen) atoms. The first-order valence-electron chi connectivity index (χ1n) is 21.6. The van der Waals surface area contributed by atoms with Crippen molar-refractivity contribution in [2.45, 2.75) is 0 Å². The summed E-state index contributed by atoms with van der Waals surface area (Å²) in [7, 11) is 0. The topological polar surface area (TPSA) is 42.7 Å². The third-order valence-electron chi connectivity index (χ3n) is 12.7.